The predicted molar refractivity (Wildman–Crippen MR) is 94.3 cm³/mol. The van der Waals surface area contributed by atoms with E-state index in [2.05, 4.69) is 15.3 Å². The molecule has 122 valence electrons. The van der Waals surface area contributed by atoms with Crippen LogP contribution in [0.3, 0.4) is 0 Å². The molecule has 3 heterocycles. The van der Waals surface area contributed by atoms with Crippen molar-refractivity contribution < 1.29 is 8.81 Å². The summed E-state index contributed by atoms with van der Waals surface area (Å²) in [6.45, 7) is 0. The smallest absolute Gasteiger partial charge is 0.235 e. The fourth-order valence-electron chi connectivity index (χ4n) is 2.62. The number of hydrogen-bond acceptors (Lipinski definition) is 5. The van der Waals surface area contributed by atoms with Crippen LogP contribution in [0.15, 0.2) is 52.9 Å². The molecule has 5 nitrogen and oxygen atoms in total. The van der Waals surface area contributed by atoms with Crippen LogP contribution in [0.1, 0.15) is 0 Å². The quantitative estimate of drug-likeness (QED) is 0.436. The Balaban J connectivity index is 1.65. The van der Waals surface area contributed by atoms with E-state index in [0.717, 1.165) is 11.0 Å². The second-order valence-corrected chi connectivity index (χ2v) is 6.77. The molecule has 5 aromatic rings. The third kappa shape index (κ3) is 2.32. The number of nitrogens with zero attached hydrogens (tertiary/aromatic N) is 4. The molecule has 0 aliphatic heterocycles. The van der Waals surface area contributed by atoms with E-state index in [-0.39, 0.29) is 5.02 Å². The van der Waals surface area contributed by atoms with Crippen molar-refractivity contribution in [1.29, 1.82) is 0 Å². The highest BCUT2D eigenvalue weighted by molar-refractivity contribution is 7.19. The van der Waals surface area contributed by atoms with Gasteiger partial charge in [0.05, 0.1) is 5.02 Å². The van der Waals surface area contributed by atoms with Crippen LogP contribution in [0.25, 0.3) is 38.1 Å². The average Bonchev–Trinajstić information content (AvgIpc) is 3.29. The molecule has 0 bridgehead atoms. The van der Waals surface area contributed by atoms with Gasteiger partial charge >= 0.3 is 0 Å². The Labute approximate surface area is 149 Å². The van der Waals surface area contributed by atoms with Crippen LogP contribution in [0.4, 0.5) is 4.39 Å². The van der Waals surface area contributed by atoms with Crippen molar-refractivity contribution >= 4 is 38.9 Å². The number of hydrogen-bond donors (Lipinski definition) is 0. The summed E-state index contributed by atoms with van der Waals surface area (Å²) in [5.41, 5.74) is 1.44. The molecule has 0 saturated heterocycles. The molecule has 8 heteroatoms. The zero-order chi connectivity index (χ0) is 17.0. The molecule has 0 saturated carbocycles. The van der Waals surface area contributed by atoms with Crippen LogP contribution in [0.2, 0.25) is 5.02 Å². The van der Waals surface area contributed by atoms with Gasteiger partial charge in [-0.25, -0.2) is 4.39 Å². The minimum absolute atomic E-state index is 0.0296. The van der Waals surface area contributed by atoms with E-state index in [1.165, 1.54) is 23.5 Å². The van der Waals surface area contributed by atoms with Crippen LogP contribution < -0.4 is 0 Å². The first-order chi connectivity index (χ1) is 12.2. The lowest BCUT2D eigenvalue weighted by Crippen LogP contribution is -1.91. The maximum Gasteiger partial charge on any atom is 0.235 e. The molecule has 3 aromatic heterocycles. The number of rotatable bonds is 2. The monoisotopic (exact) mass is 370 g/mol. The van der Waals surface area contributed by atoms with Crippen LogP contribution in [0, 0.1) is 5.82 Å². The Hall–Kier alpha value is -2.77. The van der Waals surface area contributed by atoms with Crippen LogP contribution in [0.5, 0.6) is 0 Å². The summed E-state index contributed by atoms with van der Waals surface area (Å²) in [5, 5.41) is 14.5. The van der Waals surface area contributed by atoms with Crippen molar-refractivity contribution in [2.75, 3.05) is 0 Å². The molecule has 0 aliphatic rings. The molecule has 0 spiro atoms. The molecule has 5 rings (SSSR count). The maximum absolute atomic E-state index is 13.4. The normalized spacial score (nSPS) is 11.6. The summed E-state index contributed by atoms with van der Waals surface area (Å²) < 4.78 is 20.8. The Bertz CT molecular complexity index is 1210. The molecule has 0 amide bonds. The van der Waals surface area contributed by atoms with E-state index >= 15 is 0 Å². The molecule has 0 atom stereocenters. The molecule has 0 radical (unpaired) electrons. The van der Waals surface area contributed by atoms with Gasteiger partial charge in [-0.3, -0.25) is 0 Å². The number of furan rings is 1. The lowest BCUT2D eigenvalue weighted by molar-refractivity contribution is 0.628. The van der Waals surface area contributed by atoms with Crippen molar-refractivity contribution in [3.8, 4) is 22.2 Å². The summed E-state index contributed by atoms with van der Waals surface area (Å²) in [7, 11) is 0. The summed E-state index contributed by atoms with van der Waals surface area (Å²) >= 11 is 7.23. The fourth-order valence-corrected chi connectivity index (χ4v) is 3.59. The largest absolute Gasteiger partial charge is 0.453 e. The van der Waals surface area contributed by atoms with Gasteiger partial charge in [0.15, 0.2) is 16.6 Å². The third-order valence-electron chi connectivity index (χ3n) is 3.80. The topological polar surface area (TPSA) is 56.2 Å². The number of aromatic nitrogens is 4. The predicted octanol–water partition coefficient (Wildman–Crippen LogP) is 5.06. The second kappa shape index (κ2) is 5.37. The Morgan fingerprint density at radius 2 is 1.96 bits per heavy atom. The van der Waals surface area contributed by atoms with Crippen molar-refractivity contribution in [3.05, 3.63) is 59.4 Å². The van der Waals surface area contributed by atoms with Crippen LogP contribution in [-0.2, 0) is 0 Å². The summed E-state index contributed by atoms with van der Waals surface area (Å²) in [5.74, 6) is 0.683. The molecular weight excluding hydrogens is 363 g/mol. The first kappa shape index (κ1) is 14.6. The van der Waals surface area contributed by atoms with Crippen molar-refractivity contribution in [2.45, 2.75) is 0 Å². The summed E-state index contributed by atoms with van der Waals surface area (Å²) in [4.78, 5) is 0.617. The standard InChI is InChI=1S/C17H8ClFN4OS/c18-11-7-10(5-6-12(11)19)15-20-21-17-23(15)22-16(25-17)14-8-9-3-1-2-4-13(9)24-14/h1-8H. The minimum Gasteiger partial charge on any atom is -0.453 e. The van der Waals surface area contributed by atoms with E-state index in [4.69, 9.17) is 16.0 Å². The SMILES string of the molecule is Fc1ccc(-c2nnc3sc(-c4cc5ccccc5o4)nn23)cc1Cl. The highest BCUT2D eigenvalue weighted by Crippen LogP contribution is 2.32. The van der Waals surface area contributed by atoms with Crippen LogP contribution in [-0.4, -0.2) is 19.8 Å². The Kier molecular flexibility index (Phi) is 3.13. The highest BCUT2D eigenvalue weighted by atomic mass is 35.5. The summed E-state index contributed by atoms with van der Waals surface area (Å²) in [6, 6.07) is 14.1. The third-order valence-corrected chi connectivity index (χ3v) is 5.01. The number of para-hydroxylation sites is 1. The lowest BCUT2D eigenvalue weighted by Gasteiger charge is -1.98. The molecule has 2 aromatic carbocycles. The van der Waals surface area contributed by atoms with Crippen molar-refractivity contribution in [3.63, 3.8) is 0 Å². The first-order valence-corrected chi connectivity index (χ1v) is 8.55. The van der Waals surface area contributed by atoms with Gasteiger partial charge in [-0.15, -0.1) is 15.3 Å². The second-order valence-electron chi connectivity index (χ2n) is 5.40. The molecule has 0 fully saturated rings. The van der Waals surface area contributed by atoms with Gasteiger partial charge in [-0.1, -0.05) is 41.1 Å². The Morgan fingerprint density at radius 3 is 2.80 bits per heavy atom. The number of benzene rings is 2. The van der Waals surface area contributed by atoms with E-state index in [0.29, 0.717) is 27.1 Å². The van der Waals surface area contributed by atoms with E-state index in [9.17, 15) is 4.39 Å². The van der Waals surface area contributed by atoms with Gasteiger partial charge in [0.25, 0.3) is 0 Å². The van der Waals surface area contributed by atoms with Crippen LogP contribution >= 0.6 is 22.9 Å². The van der Waals surface area contributed by atoms with Gasteiger partial charge in [-0.05, 0) is 30.3 Å². The molecule has 0 aliphatic carbocycles. The number of halogens is 2. The molecule has 25 heavy (non-hydrogen) atoms. The highest BCUT2D eigenvalue weighted by Gasteiger charge is 2.17. The molecule has 0 N–H and O–H groups in total. The Morgan fingerprint density at radius 1 is 1.08 bits per heavy atom. The van der Waals surface area contributed by atoms with Crippen molar-refractivity contribution in [1.82, 2.24) is 19.8 Å². The minimum atomic E-state index is -0.479. The molecule has 0 unspecified atom stereocenters. The van der Waals surface area contributed by atoms with Gasteiger partial charge in [-0.2, -0.15) is 4.52 Å². The average molecular weight is 371 g/mol. The van der Waals surface area contributed by atoms with Gasteiger partial charge in [0.2, 0.25) is 4.96 Å². The van der Waals surface area contributed by atoms with Gasteiger partial charge in [0.1, 0.15) is 11.4 Å². The van der Waals surface area contributed by atoms with Gasteiger partial charge in [0, 0.05) is 10.9 Å². The lowest BCUT2D eigenvalue weighted by atomic mass is 10.2. The van der Waals surface area contributed by atoms with E-state index in [1.807, 2.05) is 30.3 Å². The van der Waals surface area contributed by atoms with E-state index in [1.54, 1.807) is 10.6 Å². The molecular formula is C17H8ClFN4OS. The zero-order valence-corrected chi connectivity index (χ0v) is 14.1. The fraction of sp³-hybridized carbons (Fsp3) is 0. The van der Waals surface area contributed by atoms with E-state index < -0.39 is 5.82 Å². The first-order valence-electron chi connectivity index (χ1n) is 7.36. The van der Waals surface area contributed by atoms with Crippen molar-refractivity contribution in [2.24, 2.45) is 0 Å². The zero-order valence-electron chi connectivity index (χ0n) is 12.5. The van der Waals surface area contributed by atoms with Gasteiger partial charge < -0.3 is 4.42 Å². The number of fused-ring (bicyclic) bond motifs is 2. The maximum atomic E-state index is 13.4. The summed E-state index contributed by atoms with van der Waals surface area (Å²) in [6.07, 6.45) is 0.